The highest BCUT2D eigenvalue weighted by Crippen LogP contribution is 2.34. The third kappa shape index (κ3) is 3.50. The minimum Gasteiger partial charge on any atom is -0.339 e. The molecule has 0 saturated heterocycles. The van der Waals surface area contributed by atoms with E-state index in [-0.39, 0.29) is 23.4 Å². The van der Waals surface area contributed by atoms with Crippen LogP contribution < -0.4 is 5.73 Å². The van der Waals surface area contributed by atoms with Gasteiger partial charge in [0, 0.05) is 10.8 Å². The van der Waals surface area contributed by atoms with Crippen LogP contribution in [-0.4, -0.2) is 15.1 Å². The van der Waals surface area contributed by atoms with Gasteiger partial charge in [0.05, 0.1) is 22.7 Å². The van der Waals surface area contributed by atoms with Gasteiger partial charge in [0.15, 0.2) is 5.82 Å². The van der Waals surface area contributed by atoms with Crippen LogP contribution in [0.4, 0.5) is 0 Å². The molecule has 0 radical (unpaired) electrons. The molecule has 1 saturated carbocycles. The highest BCUT2D eigenvalue weighted by Gasteiger charge is 2.36. The third-order valence-corrected chi connectivity index (χ3v) is 5.25. The van der Waals surface area contributed by atoms with Gasteiger partial charge in [0.2, 0.25) is 5.89 Å². The zero-order valence-corrected chi connectivity index (χ0v) is 14.9. The SMILES string of the molecule is CC(C)(C)c1nc(Cc2nc(C3(N)CCCC3)no2)cs1.Cl. The maximum absolute atomic E-state index is 6.35. The predicted molar refractivity (Wildman–Crippen MR) is 89.5 cm³/mol. The molecule has 0 atom stereocenters. The standard InChI is InChI=1S/C15H22N4OS.ClH/c1-14(2,3)13-17-10(9-21-13)8-11-18-12(19-20-11)15(16)6-4-5-7-15;/h9H,4-8,16H2,1-3H3;1H. The average molecular weight is 343 g/mol. The van der Waals surface area contributed by atoms with E-state index in [2.05, 4.69) is 41.3 Å². The molecule has 0 bridgehead atoms. The molecule has 2 aromatic heterocycles. The van der Waals surface area contributed by atoms with E-state index in [1.807, 2.05) is 0 Å². The van der Waals surface area contributed by atoms with Gasteiger partial charge in [-0.2, -0.15) is 4.98 Å². The van der Waals surface area contributed by atoms with Crippen molar-refractivity contribution in [1.82, 2.24) is 15.1 Å². The van der Waals surface area contributed by atoms with Crippen molar-refractivity contribution < 1.29 is 4.52 Å². The van der Waals surface area contributed by atoms with Crippen LogP contribution in [0.1, 0.15) is 68.9 Å². The minimum absolute atomic E-state index is 0. The molecule has 0 aromatic carbocycles. The lowest BCUT2D eigenvalue weighted by Crippen LogP contribution is -2.34. The highest BCUT2D eigenvalue weighted by molar-refractivity contribution is 7.09. The van der Waals surface area contributed by atoms with E-state index in [0.717, 1.165) is 36.4 Å². The summed E-state index contributed by atoms with van der Waals surface area (Å²) in [4.78, 5) is 9.15. The van der Waals surface area contributed by atoms with Crippen molar-refractivity contribution in [2.75, 3.05) is 0 Å². The molecule has 5 nitrogen and oxygen atoms in total. The van der Waals surface area contributed by atoms with Crippen LogP contribution in [0.25, 0.3) is 0 Å². The monoisotopic (exact) mass is 342 g/mol. The van der Waals surface area contributed by atoms with Crippen LogP contribution in [0.3, 0.4) is 0 Å². The van der Waals surface area contributed by atoms with Crippen molar-refractivity contribution in [1.29, 1.82) is 0 Å². The summed E-state index contributed by atoms with van der Waals surface area (Å²) < 4.78 is 5.36. The molecule has 7 heteroatoms. The van der Waals surface area contributed by atoms with E-state index in [1.165, 1.54) is 0 Å². The van der Waals surface area contributed by atoms with E-state index >= 15 is 0 Å². The van der Waals surface area contributed by atoms with Crippen molar-refractivity contribution >= 4 is 23.7 Å². The molecule has 0 aliphatic heterocycles. The zero-order chi connectivity index (χ0) is 15.1. The first kappa shape index (κ1) is 17.4. The number of hydrogen-bond donors (Lipinski definition) is 1. The molecule has 0 unspecified atom stereocenters. The first-order chi connectivity index (χ1) is 9.87. The van der Waals surface area contributed by atoms with Gasteiger partial charge in [-0.3, -0.25) is 0 Å². The summed E-state index contributed by atoms with van der Waals surface area (Å²) in [5.41, 5.74) is 7.02. The van der Waals surface area contributed by atoms with Gasteiger partial charge < -0.3 is 10.3 Å². The van der Waals surface area contributed by atoms with E-state index < -0.39 is 0 Å². The van der Waals surface area contributed by atoms with Crippen LogP contribution in [0.2, 0.25) is 0 Å². The molecular weight excluding hydrogens is 320 g/mol. The van der Waals surface area contributed by atoms with Gasteiger partial charge >= 0.3 is 0 Å². The van der Waals surface area contributed by atoms with Gasteiger partial charge in [0.1, 0.15) is 0 Å². The quantitative estimate of drug-likeness (QED) is 0.922. The van der Waals surface area contributed by atoms with Crippen molar-refractivity contribution in [3.63, 3.8) is 0 Å². The summed E-state index contributed by atoms with van der Waals surface area (Å²) in [5, 5.41) is 7.28. The molecule has 3 rings (SSSR count). The van der Waals surface area contributed by atoms with Crippen LogP contribution in [0, 0.1) is 0 Å². The van der Waals surface area contributed by atoms with Gasteiger partial charge in [-0.25, -0.2) is 4.98 Å². The predicted octanol–water partition coefficient (Wildman–Crippen LogP) is 3.56. The zero-order valence-electron chi connectivity index (χ0n) is 13.3. The number of aromatic nitrogens is 3. The van der Waals surface area contributed by atoms with Gasteiger partial charge in [-0.15, -0.1) is 23.7 Å². The normalized spacial score (nSPS) is 17.5. The average Bonchev–Trinajstić information content (AvgIpc) is 3.09. The number of rotatable bonds is 3. The van der Waals surface area contributed by atoms with E-state index in [9.17, 15) is 0 Å². The number of nitrogens with two attached hydrogens (primary N) is 1. The smallest absolute Gasteiger partial charge is 0.232 e. The Morgan fingerprint density at radius 1 is 1.27 bits per heavy atom. The Balaban J connectivity index is 0.00000176. The topological polar surface area (TPSA) is 77.8 Å². The molecule has 2 heterocycles. The van der Waals surface area contributed by atoms with Crippen molar-refractivity contribution in [3.05, 3.63) is 27.8 Å². The summed E-state index contributed by atoms with van der Waals surface area (Å²) in [6.45, 7) is 6.50. The molecule has 0 spiro atoms. The molecule has 2 aromatic rings. The fourth-order valence-electron chi connectivity index (χ4n) is 2.65. The van der Waals surface area contributed by atoms with Gasteiger partial charge in [-0.1, -0.05) is 38.8 Å². The fourth-order valence-corrected chi connectivity index (χ4v) is 3.55. The molecule has 1 aliphatic rings. The second-order valence-electron chi connectivity index (χ2n) is 6.95. The second-order valence-corrected chi connectivity index (χ2v) is 7.80. The van der Waals surface area contributed by atoms with Crippen LogP contribution >= 0.6 is 23.7 Å². The van der Waals surface area contributed by atoms with Gasteiger partial charge in [0.25, 0.3) is 0 Å². The van der Waals surface area contributed by atoms with Crippen LogP contribution in [0.5, 0.6) is 0 Å². The largest absolute Gasteiger partial charge is 0.339 e. The molecule has 22 heavy (non-hydrogen) atoms. The second kappa shape index (κ2) is 6.26. The van der Waals surface area contributed by atoms with Crippen LogP contribution in [0.15, 0.2) is 9.90 Å². The molecule has 2 N–H and O–H groups in total. The number of thiazole rings is 1. The first-order valence-electron chi connectivity index (χ1n) is 7.44. The van der Waals surface area contributed by atoms with E-state index in [4.69, 9.17) is 10.3 Å². The van der Waals surface area contributed by atoms with Gasteiger partial charge in [-0.05, 0) is 12.8 Å². The molecule has 1 aliphatic carbocycles. The fraction of sp³-hybridized carbons (Fsp3) is 0.667. The van der Waals surface area contributed by atoms with Crippen LogP contribution in [-0.2, 0) is 17.4 Å². The molecule has 1 fully saturated rings. The maximum atomic E-state index is 6.35. The Kier molecular flexibility index (Phi) is 4.94. The minimum atomic E-state index is -0.388. The van der Waals surface area contributed by atoms with E-state index in [1.54, 1.807) is 11.3 Å². The lowest BCUT2D eigenvalue weighted by atomic mass is 9.98. The molecule has 122 valence electrons. The summed E-state index contributed by atoms with van der Waals surface area (Å²) in [7, 11) is 0. The highest BCUT2D eigenvalue weighted by atomic mass is 35.5. The number of hydrogen-bond acceptors (Lipinski definition) is 6. The number of nitrogens with zero attached hydrogens (tertiary/aromatic N) is 3. The Bertz CT molecular complexity index is 626. The lowest BCUT2D eigenvalue weighted by molar-refractivity contribution is 0.351. The summed E-state index contributed by atoms with van der Waals surface area (Å²) in [5.74, 6) is 1.26. The van der Waals surface area contributed by atoms with E-state index in [0.29, 0.717) is 18.1 Å². The Labute approximate surface area is 141 Å². The van der Waals surface area contributed by atoms with Crippen molar-refractivity contribution in [2.24, 2.45) is 5.73 Å². The number of halogens is 1. The Hall–Kier alpha value is -0.980. The van der Waals surface area contributed by atoms with Crippen molar-refractivity contribution in [2.45, 2.75) is 63.8 Å². The van der Waals surface area contributed by atoms with Crippen molar-refractivity contribution in [3.8, 4) is 0 Å². The first-order valence-corrected chi connectivity index (χ1v) is 8.32. The lowest BCUT2D eigenvalue weighted by Gasteiger charge is -2.17. The summed E-state index contributed by atoms with van der Waals surface area (Å²) in [6.07, 6.45) is 4.74. The third-order valence-electron chi connectivity index (χ3n) is 3.93. The molecule has 0 amide bonds. The Morgan fingerprint density at radius 2 is 1.95 bits per heavy atom. The maximum Gasteiger partial charge on any atom is 0.232 e. The summed E-state index contributed by atoms with van der Waals surface area (Å²) in [6, 6.07) is 0. The summed E-state index contributed by atoms with van der Waals surface area (Å²) >= 11 is 1.68. The Morgan fingerprint density at radius 3 is 2.55 bits per heavy atom. The molecular formula is C15H23ClN4OS.